The van der Waals surface area contributed by atoms with Crippen LogP contribution in [0.5, 0.6) is 0 Å². The number of hydrogen-bond donors (Lipinski definition) is 3. The van der Waals surface area contributed by atoms with Gasteiger partial charge in [-0.05, 0) is 59.9 Å². The summed E-state index contributed by atoms with van der Waals surface area (Å²) in [5, 5.41) is 11.5. The maximum Gasteiger partial charge on any atom is 0.238 e. The molecule has 1 amide bonds. The SMILES string of the molecule is CC(C)C(NCC(=O)NCCc1ccc(S(N)(=O)=O)cc1)c1ccc(C2CCCCC2)cc1. The number of sulfonamides is 1. The highest BCUT2D eigenvalue weighted by molar-refractivity contribution is 7.89. The Morgan fingerprint density at radius 2 is 1.64 bits per heavy atom. The van der Waals surface area contributed by atoms with Crippen molar-refractivity contribution in [3.05, 3.63) is 65.2 Å². The number of rotatable bonds is 10. The van der Waals surface area contributed by atoms with Crippen LogP contribution in [0.2, 0.25) is 0 Å². The molecule has 1 aliphatic rings. The number of primary sulfonamides is 1. The van der Waals surface area contributed by atoms with Crippen LogP contribution in [0.4, 0.5) is 0 Å². The topological polar surface area (TPSA) is 101 Å². The molecule has 0 aliphatic heterocycles. The predicted molar refractivity (Wildman–Crippen MR) is 132 cm³/mol. The molecule has 2 aromatic rings. The van der Waals surface area contributed by atoms with E-state index in [9.17, 15) is 13.2 Å². The van der Waals surface area contributed by atoms with Crippen molar-refractivity contribution < 1.29 is 13.2 Å². The van der Waals surface area contributed by atoms with E-state index >= 15 is 0 Å². The van der Waals surface area contributed by atoms with Crippen LogP contribution >= 0.6 is 0 Å². The molecule has 4 N–H and O–H groups in total. The van der Waals surface area contributed by atoms with Gasteiger partial charge in [0.05, 0.1) is 11.4 Å². The number of nitrogens with two attached hydrogens (primary N) is 1. The van der Waals surface area contributed by atoms with E-state index in [-0.39, 0.29) is 23.4 Å². The lowest BCUT2D eigenvalue weighted by atomic mass is 9.83. The minimum Gasteiger partial charge on any atom is -0.355 e. The summed E-state index contributed by atoms with van der Waals surface area (Å²) in [7, 11) is -3.69. The average molecular weight is 472 g/mol. The van der Waals surface area contributed by atoms with Crippen molar-refractivity contribution in [2.45, 2.75) is 69.2 Å². The van der Waals surface area contributed by atoms with E-state index in [1.165, 1.54) is 55.4 Å². The molecule has 1 atom stereocenters. The lowest BCUT2D eigenvalue weighted by Gasteiger charge is -2.25. The Morgan fingerprint density at radius 1 is 1.00 bits per heavy atom. The standard InChI is InChI=1S/C26H37N3O3S/c1-19(2)26(23-12-10-22(11-13-23)21-6-4-3-5-7-21)29-18-25(30)28-17-16-20-8-14-24(15-9-20)33(27,31)32/h8-15,19,21,26,29H,3-7,16-18H2,1-2H3,(H,28,30)(H2,27,31,32). The summed E-state index contributed by atoms with van der Waals surface area (Å²) < 4.78 is 22.7. The lowest BCUT2D eigenvalue weighted by Crippen LogP contribution is -2.38. The van der Waals surface area contributed by atoms with Crippen LogP contribution in [0.1, 0.15) is 74.6 Å². The second-order valence-corrected chi connectivity index (χ2v) is 11.0. The quantitative estimate of drug-likeness (QED) is 0.487. The Morgan fingerprint density at radius 3 is 2.21 bits per heavy atom. The fourth-order valence-corrected chi connectivity index (χ4v) is 5.12. The maximum absolute atomic E-state index is 12.4. The second-order valence-electron chi connectivity index (χ2n) is 9.39. The molecule has 0 bridgehead atoms. The van der Waals surface area contributed by atoms with Gasteiger partial charge >= 0.3 is 0 Å². The van der Waals surface area contributed by atoms with E-state index < -0.39 is 10.0 Å². The molecule has 7 heteroatoms. The maximum atomic E-state index is 12.4. The first-order valence-corrected chi connectivity index (χ1v) is 13.5. The van der Waals surface area contributed by atoms with Crippen LogP contribution in [0.15, 0.2) is 53.4 Å². The van der Waals surface area contributed by atoms with Gasteiger partial charge in [-0.15, -0.1) is 0 Å². The van der Waals surface area contributed by atoms with Crippen LogP contribution in [-0.4, -0.2) is 27.4 Å². The van der Waals surface area contributed by atoms with Crippen molar-refractivity contribution in [3.63, 3.8) is 0 Å². The number of hydrogen-bond acceptors (Lipinski definition) is 4. The molecule has 1 unspecified atom stereocenters. The van der Waals surface area contributed by atoms with Crippen LogP contribution in [0.3, 0.4) is 0 Å². The monoisotopic (exact) mass is 471 g/mol. The van der Waals surface area contributed by atoms with E-state index in [1.54, 1.807) is 12.1 Å². The lowest BCUT2D eigenvalue weighted by molar-refractivity contribution is -0.120. The van der Waals surface area contributed by atoms with Gasteiger partial charge in [0.25, 0.3) is 0 Å². The number of carbonyl (C=O) groups excluding carboxylic acids is 1. The number of benzene rings is 2. The Hall–Kier alpha value is -2.22. The second kappa shape index (κ2) is 11.8. The average Bonchev–Trinajstić information content (AvgIpc) is 2.80. The Labute approximate surface area is 198 Å². The molecular formula is C26H37N3O3S. The van der Waals surface area contributed by atoms with E-state index in [0.717, 1.165) is 5.56 Å². The van der Waals surface area contributed by atoms with Crippen molar-refractivity contribution >= 4 is 15.9 Å². The van der Waals surface area contributed by atoms with E-state index in [2.05, 4.69) is 48.7 Å². The summed E-state index contributed by atoms with van der Waals surface area (Å²) in [6.45, 7) is 5.06. The van der Waals surface area contributed by atoms with Crippen LogP contribution in [0.25, 0.3) is 0 Å². The summed E-state index contributed by atoms with van der Waals surface area (Å²) >= 11 is 0. The first-order valence-electron chi connectivity index (χ1n) is 12.0. The fourth-order valence-electron chi connectivity index (χ4n) is 4.61. The van der Waals surface area contributed by atoms with Gasteiger partial charge in [-0.3, -0.25) is 4.79 Å². The smallest absolute Gasteiger partial charge is 0.238 e. The molecule has 0 saturated heterocycles. The highest BCUT2D eigenvalue weighted by atomic mass is 32.2. The molecule has 0 heterocycles. The van der Waals surface area contributed by atoms with Crippen LogP contribution in [0, 0.1) is 5.92 Å². The van der Waals surface area contributed by atoms with Gasteiger partial charge in [-0.1, -0.05) is 69.5 Å². The third kappa shape index (κ3) is 7.66. The first kappa shape index (κ1) is 25.4. The summed E-state index contributed by atoms with van der Waals surface area (Å²) in [6.07, 6.45) is 7.23. The molecule has 33 heavy (non-hydrogen) atoms. The highest BCUT2D eigenvalue weighted by Gasteiger charge is 2.19. The molecule has 6 nitrogen and oxygen atoms in total. The largest absolute Gasteiger partial charge is 0.355 e. The molecule has 180 valence electrons. The molecule has 0 radical (unpaired) electrons. The first-order chi connectivity index (χ1) is 15.7. The molecule has 1 aliphatic carbocycles. The number of carbonyl (C=O) groups is 1. The Bertz CT molecular complexity index is 996. The zero-order valence-corrected chi connectivity index (χ0v) is 20.5. The van der Waals surface area contributed by atoms with E-state index in [4.69, 9.17) is 5.14 Å². The zero-order chi connectivity index (χ0) is 23.8. The summed E-state index contributed by atoms with van der Waals surface area (Å²) in [4.78, 5) is 12.5. The van der Waals surface area contributed by atoms with Crippen molar-refractivity contribution in [3.8, 4) is 0 Å². The summed E-state index contributed by atoms with van der Waals surface area (Å²) in [6, 6.07) is 15.5. The summed E-state index contributed by atoms with van der Waals surface area (Å²) in [5.74, 6) is 0.997. The van der Waals surface area contributed by atoms with Gasteiger partial charge in [-0.25, -0.2) is 13.6 Å². The Kier molecular flexibility index (Phi) is 9.06. The number of amides is 1. The molecule has 1 saturated carbocycles. The van der Waals surface area contributed by atoms with E-state index in [0.29, 0.717) is 24.8 Å². The van der Waals surface area contributed by atoms with Crippen LogP contribution < -0.4 is 15.8 Å². The zero-order valence-electron chi connectivity index (χ0n) is 19.7. The predicted octanol–water partition coefficient (Wildman–Crippen LogP) is 4.03. The van der Waals surface area contributed by atoms with Crippen molar-refractivity contribution in [2.75, 3.05) is 13.1 Å². The molecular weight excluding hydrogens is 434 g/mol. The van der Waals surface area contributed by atoms with Gasteiger partial charge in [0, 0.05) is 12.6 Å². The minimum atomic E-state index is -3.69. The molecule has 0 spiro atoms. The van der Waals surface area contributed by atoms with E-state index in [1.807, 2.05) is 0 Å². The summed E-state index contributed by atoms with van der Waals surface area (Å²) in [5.41, 5.74) is 3.59. The fraction of sp³-hybridized carbons (Fsp3) is 0.500. The number of nitrogens with one attached hydrogen (secondary N) is 2. The third-order valence-electron chi connectivity index (χ3n) is 6.51. The molecule has 2 aromatic carbocycles. The van der Waals surface area contributed by atoms with Gasteiger partial charge < -0.3 is 10.6 Å². The normalized spacial score (nSPS) is 16.0. The highest BCUT2D eigenvalue weighted by Crippen LogP contribution is 2.33. The van der Waals surface area contributed by atoms with Crippen molar-refractivity contribution in [2.24, 2.45) is 11.1 Å². The van der Waals surface area contributed by atoms with Gasteiger partial charge in [0.15, 0.2) is 0 Å². The third-order valence-corrected chi connectivity index (χ3v) is 7.44. The molecule has 0 aromatic heterocycles. The van der Waals surface area contributed by atoms with Gasteiger partial charge in [0.1, 0.15) is 0 Å². The van der Waals surface area contributed by atoms with Gasteiger partial charge in [0.2, 0.25) is 15.9 Å². The van der Waals surface area contributed by atoms with Crippen molar-refractivity contribution in [1.82, 2.24) is 10.6 Å². The molecule has 3 rings (SSSR count). The molecule has 1 fully saturated rings. The van der Waals surface area contributed by atoms with Crippen molar-refractivity contribution in [1.29, 1.82) is 0 Å². The minimum absolute atomic E-state index is 0.0550. The van der Waals surface area contributed by atoms with Crippen LogP contribution in [-0.2, 0) is 21.2 Å². The van der Waals surface area contributed by atoms with Gasteiger partial charge in [-0.2, -0.15) is 0 Å². The Balaban J connectivity index is 1.46.